The van der Waals surface area contributed by atoms with E-state index in [9.17, 15) is 4.79 Å². The van der Waals surface area contributed by atoms with Gasteiger partial charge < -0.3 is 14.4 Å². The predicted octanol–water partition coefficient (Wildman–Crippen LogP) is 3.55. The minimum atomic E-state index is -0.177. The van der Waals surface area contributed by atoms with Crippen LogP contribution in [0.2, 0.25) is 0 Å². The number of amides is 1. The van der Waals surface area contributed by atoms with Gasteiger partial charge in [-0.25, -0.2) is 0 Å². The van der Waals surface area contributed by atoms with Crippen LogP contribution in [0, 0.1) is 0 Å². The maximum Gasteiger partial charge on any atom is 0.286 e. The maximum absolute atomic E-state index is 12.3. The standard InChI is InChI=1S/C18H22N2O3S/c1-22-14-9-7-8-13(16(14)23-2)12-15-17(21)19-18(24-15)20-10-5-3-4-6-11-20/h7-9,12H,3-6,10-11H2,1-2H3/b15-12-. The number of hydrogen-bond donors (Lipinski definition) is 0. The number of amidine groups is 1. The third-order valence-corrected chi connectivity index (χ3v) is 5.25. The molecule has 5 nitrogen and oxygen atoms in total. The Balaban J connectivity index is 1.82. The molecule has 0 N–H and O–H groups in total. The molecular weight excluding hydrogens is 324 g/mol. The Morgan fingerprint density at radius 3 is 2.54 bits per heavy atom. The number of rotatable bonds is 3. The second-order valence-electron chi connectivity index (χ2n) is 5.79. The average molecular weight is 346 g/mol. The molecule has 3 rings (SSSR count). The fraction of sp³-hybridized carbons (Fsp3) is 0.444. The van der Waals surface area contributed by atoms with E-state index in [0.29, 0.717) is 16.4 Å². The van der Waals surface area contributed by atoms with E-state index < -0.39 is 0 Å². The van der Waals surface area contributed by atoms with Crippen LogP contribution in [-0.2, 0) is 4.79 Å². The molecule has 1 aromatic rings. The van der Waals surface area contributed by atoms with Gasteiger partial charge in [0, 0.05) is 18.7 Å². The molecule has 0 spiro atoms. The summed E-state index contributed by atoms with van der Waals surface area (Å²) < 4.78 is 10.8. The molecule has 24 heavy (non-hydrogen) atoms. The summed E-state index contributed by atoms with van der Waals surface area (Å²) in [5.41, 5.74) is 0.819. The summed E-state index contributed by atoms with van der Waals surface area (Å²) >= 11 is 1.45. The fourth-order valence-electron chi connectivity index (χ4n) is 2.96. The summed E-state index contributed by atoms with van der Waals surface area (Å²) in [6.07, 6.45) is 6.67. The van der Waals surface area contributed by atoms with E-state index in [-0.39, 0.29) is 5.91 Å². The van der Waals surface area contributed by atoms with Gasteiger partial charge in [-0.3, -0.25) is 4.79 Å². The Hall–Kier alpha value is -1.95. The van der Waals surface area contributed by atoms with E-state index in [4.69, 9.17) is 9.47 Å². The van der Waals surface area contributed by atoms with E-state index in [1.165, 1.54) is 24.6 Å². The molecule has 0 atom stereocenters. The summed E-state index contributed by atoms with van der Waals surface area (Å²) in [6, 6.07) is 5.63. The summed E-state index contributed by atoms with van der Waals surface area (Å²) in [4.78, 5) is 19.4. The predicted molar refractivity (Wildman–Crippen MR) is 97.6 cm³/mol. The molecule has 6 heteroatoms. The van der Waals surface area contributed by atoms with Crippen molar-refractivity contribution in [3.05, 3.63) is 28.7 Å². The number of carbonyl (C=O) groups is 1. The summed E-state index contributed by atoms with van der Waals surface area (Å²) in [6.45, 7) is 1.96. The second kappa shape index (κ2) is 7.75. The van der Waals surface area contributed by atoms with Crippen molar-refractivity contribution in [2.75, 3.05) is 27.3 Å². The van der Waals surface area contributed by atoms with Crippen LogP contribution in [0.1, 0.15) is 31.2 Å². The molecular formula is C18H22N2O3S. The number of aliphatic imine (C=N–C) groups is 1. The zero-order valence-electron chi connectivity index (χ0n) is 14.1. The van der Waals surface area contributed by atoms with E-state index >= 15 is 0 Å². The Labute approximate surface area is 146 Å². The van der Waals surface area contributed by atoms with Crippen LogP contribution in [0.5, 0.6) is 11.5 Å². The maximum atomic E-state index is 12.3. The largest absolute Gasteiger partial charge is 0.493 e. The second-order valence-corrected chi connectivity index (χ2v) is 6.80. The highest BCUT2D eigenvalue weighted by Gasteiger charge is 2.27. The highest BCUT2D eigenvalue weighted by molar-refractivity contribution is 8.18. The molecule has 0 radical (unpaired) electrons. The SMILES string of the molecule is COc1cccc(/C=C2\SC(N3CCCCCC3)=NC2=O)c1OC. The first-order valence-corrected chi connectivity index (χ1v) is 9.03. The number of hydrogen-bond acceptors (Lipinski definition) is 5. The molecule has 0 aromatic heterocycles. The Bertz CT molecular complexity index is 677. The number of methoxy groups -OCH3 is 2. The van der Waals surface area contributed by atoms with Crippen molar-refractivity contribution in [2.45, 2.75) is 25.7 Å². The first-order valence-electron chi connectivity index (χ1n) is 8.21. The van der Waals surface area contributed by atoms with Crippen LogP contribution >= 0.6 is 11.8 Å². The third-order valence-electron chi connectivity index (χ3n) is 4.21. The lowest BCUT2D eigenvalue weighted by molar-refractivity contribution is -0.113. The lowest BCUT2D eigenvalue weighted by atomic mass is 10.1. The minimum absolute atomic E-state index is 0.177. The van der Waals surface area contributed by atoms with Crippen LogP contribution < -0.4 is 9.47 Å². The van der Waals surface area contributed by atoms with Gasteiger partial charge in [0.05, 0.1) is 19.1 Å². The van der Waals surface area contributed by atoms with Gasteiger partial charge in [-0.05, 0) is 36.7 Å². The van der Waals surface area contributed by atoms with Crippen LogP contribution in [0.4, 0.5) is 0 Å². The molecule has 2 aliphatic rings. The van der Waals surface area contributed by atoms with E-state index in [1.54, 1.807) is 14.2 Å². The minimum Gasteiger partial charge on any atom is -0.493 e. The van der Waals surface area contributed by atoms with E-state index in [0.717, 1.165) is 36.7 Å². The normalized spacial score (nSPS) is 20.1. The van der Waals surface area contributed by atoms with E-state index in [2.05, 4.69) is 9.89 Å². The van der Waals surface area contributed by atoms with Crippen LogP contribution in [0.15, 0.2) is 28.1 Å². The number of carbonyl (C=O) groups excluding carboxylic acids is 1. The molecule has 1 fully saturated rings. The van der Waals surface area contributed by atoms with Crippen molar-refractivity contribution in [3.8, 4) is 11.5 Å². The number of ether oxygens (including phenoxy) is 2. The van der Waals surface area contributed by atoms with Crippen molar-refractivity contribution < 1.29 is 14.3 Å². The first-order chi connectivity index (χ1) is 11.7. The number of thioether (sulfide) groups is 1. The molecule has 1 aromatic carbocycles. The lowest BCUT2D eigenvalue weighted by Gasteiger charge is -2.20. The molecule has 0 aliphatic carbocycles. The van der Waals surface area contributed by atoms with Gasteiger partial charge in [-0.2, -0.15) is 4.99 Å². The summed E-state index contributed by atoms with van der Waals surface area (Å²) in [5.74, 6) is 1.10. The molecule has 2 aliphatic heterocycles. The monoisotopic (exact) mass is 346 g/mol. The van der Waals surface area contributed by atoms with Crippen molar-refractivity contribution in [3.63, 3.8) is 0 Å². The molecule has 1 amide bonds. The molecule has 0 bridgehead atoms. The summed E-state index contributed by atoms with van der Waals surface area (Å²) in [7, 11) is 3.20. The van der Waals surface area contributed by atoms with Crippen molar-refractivity contribution >= 4 is 28.9 Å². The number of para-hydroxylation sites is 1. The van der Waals surface area contributed by atoms with Gasteiger partial charge in [0.2, 0.25) is 0 Å². The highest BCUT2D eigenvalue weighted by Crippen LogP contribution is 2.36. The van der Waals surface area contributed by atoms with E-state index in [1.807, 2.05) is 24.3 Å². The Morgan fingerprint density at radius 1 is 1.12 bits per heavy atom. The number of nitrogens with zero attached hydrogens (tertiary/aromatic N) is 2. The zero-order valence-corrected chi connectivity index (χ0v) is 14.9. The smallest absolute Gasteiger partial charge is 0.286 e. The number of likely N-dealkylation sites (tertiary alicyclic amines) is 1. The third kappa shape index (κ3) is 3.59. The van der Waals surface area contributed by atoms with Gasteiger partial charge in [0.15, 0.2) is 16.7 Å². The van der Waals surface area contributed by atoms with Crippen molar-refractivity contribution in [1.29, 1.82) is 0 Å². The average Bonchev–Trinajstić information content (AvgIpc) is 2.80. The molecule has 1 saturated heterocycles. The Kier molecular flexibility index (Phi) is 5.45. The number of benzene rings is 1. The van der Waals surface area contributed by atoms with Gasteiger partial charge in [0.1, 0.15) is 0 Å². The molecule has 0 saturated carbocycles. The van der Waals surface area contributed by atoms with Crippen LogP contribution in [-0.4, -0.2) is 43.3 Å². The lowest BCUT2D eigenvalue weighted by Crippen LogP contribution is -2.28. The topological polar surface area (TPSA) is 51.1 Å². The molecule has 0 unspecified atom stereocenters. The Morgan fingerprint density at radius 2 is 1.88 bits per heavy atom. The van der Waals surface area contributed by atoms with Gasteiger partial charge >= 0.3 is 0 Å². The highest BCUT2D eigenvalue weighted by atomic mass is 32.2. The van der Waals surface area contributed by atoms with Gasteiger partial charge in [-0.1, -0.05) is 25.0 Å². The van der Waals surface area contributed by atoms with Crippen molar-refractivity contribution in [2.24, 2.45) is 4.99 Å². The molecule has 128 valence electrons. The van der Waals surface area contributed by atoms with Crippen LogP contribution in [0.3, 0.4) is 0 Å². The fourth-order valence-corrected chi connectivity index (χ4v) is 3.92. The first kappa shape index (κ1) is 16.9. The van der Waals surface area contributed by atoms with Gasteiger partial charge in [-0.15, -0.1) is 0 Å². The zero-order chi connectivity index (χ0) is 16.9. The summed E-state index contributed by atoms with van der Waals surface area (Å²) in [5, 5.41) is 0.829. The molecule has 2 heterocycles. The van der Waals surface area contributed by atoms with Gasteiger partial charge in [0.25, 0.3) is 5.91 Å². The van der Waals surface area contributed by atoms with Crippen LogP contribution in [0.25, 0.3) is 6.08 Å². The quantitative estimate of drug-likeness (QED) is 0.784. The van der Waals surface area contributed by atoms with Crippen molar-refractivity contribution in [1.82, 2.24) is 4.90 Å².